The van der Waals surface area contributed by atoms with E-state index in [1.54, 1.807) is 0 Å². The predicted molar refractivity (Wildman–Crippen MR) is 160 cm³/mol. The monoisotopic (exact) mass is 498 g/mol. The summed E-state index contributed by atoms with van der Waals surface area (Å²) in [6.07, 6.45) is 18.9. The van der Waals surface area contributed by atoms with Crippen molar-refractivity contribution in [3.05, 3.63) is 87.5 Å². The molecule has 2 aromatic carbocycles. The van der Waals surface area contributed by atoms with Gasteiger partial charge in [-0.05, 0) is 74.4 Å². The Kier molecular flexibility index (Phi) is 12.3. The lowest BCUT2D eigenvalue weighted by molar-refractivity contribution is -0.345. The van der Waals surface area contributed by atoms with Crippen LogP contribution in [-0.2, 0) is 12.8 Å². The van der Waals surface area contributed by atoms with Gasteiger partial charge in [-0.25, -0.2) is 4.70 Å². The number of benzene rings is 2. The molecule has 1 heterocycles. The van der Waals surface area contributed by atoms with Gasteiger partial charge in [0.15, 0.2) is 0 Å². The molecule has 0 radical (unpaired) electrons. The van der Waals surface area contributed by atoms with E-state index in [-0.39, 0.29) is 0 Å². The summed E-state index contributed by atoms with van der Waals surface area (Å²) in [4.78, 5) is 0. The van der Waals surface area contributed by atoms with E-state index in [4.69, 9.17) is 0 Å². The Hall–Kier alpha value is -2.48. The Morgan fingerprint density at radius 1 is 0.595 bits per heavy atom. The Labute approximate surface area is 227 Å². The lowest BCUT2D eigenvalue weighted by Gasteiger charge is -2.11. The maximum absolute atomic E-state index is 11.5. The molecule has 0 N–H and O–H groups in total. The number of aryl methyl sites for hydroxylation is 2. The van der Waals surface area contributed by atoms with E-state index in [0.29, 0.717) is 0 Å². The maximum atomic E-state index is 11.5. The Morgan fingerprint density at radius 2 is 1.05 bits per heavy atom. The van der Waals surface area contributed by atoms with Gasteiger partial charge < -0.3 is 5.53 Å². The minimum atomic E-state index is 0.904. The highest BCUT2D eigenvalue weighted by Gasteiger charge is 2.32. The van der Waals surface area contributed by atoms with Crippen LogP contribution in [-0.4, -0.2) is 4.70 Å². The van der Waals surface area contributed by atoms with Gasteiger partial charge >= 0.3 is 0 Å². The normalized spacial score (nSPS) is 13.8. The van der Waals surface area contributed by atoms with Gasteiger partial charge in [-0.15, -0.1) is 0 Å². The highest BCUT2D eigenvalue weighted by atomic mass is 15.2. The van der Waals surface area contributed by atoms with Crippen LogP contribution in [0.15, 0.2) is 59.7 Å². The molecule has 0 unspecified atom stereocenters. The van der Waals surface area contributed by atoms with Crippen LogP contribution in [0.2, 0.25) is 0 Å². The van der Waals surface area contributed by atoms with Crippen LogP contribution in [0.5, 0.6) is 0 Å². The van der Waals surface area contributed by atoms with E-state index < -0.39 is 0 Å². The van der Waals surface area contributed by atoms with Crippen molar-refractivity contribution in [3.8, 4) is 0 Å². The molecule has 0 bridgehead atoms. The fourth-order valence-electron chi connectivity index (χ4n) is 5.75. The summed E-state index contributed by atoms with van der Waals surface area (Å²) < 4.78 is 1.47. The van der Waals surface area contributed by atoms with Gasteiger partial charge in [0.05, 0.1) is 0 Å². The lowest BCUT2D eigenvalue weighted by atomic mass is 9.97. The van der Waals surface area contributed by atoms with E-state index >= 15 is 0 Å². The van der Waals surface area contributed by atoms with Gasteiger partial charge in [0.1, 0.15) is 0 Å². The summed E-state index contributed by atoms with van der Waals surface area (Å²) >= 11 is 0. The molecule has 1 aliphatic heterocycles. The Morgan fingerprint density at radius 3 is 1.54 bits per heavy atom. The maximum Gasteiger partial charge on any atom is 0.211 e. The zero-order valence-electron chi connectivity index (χ0n) is 24.1. The number of hydrogen-bond acceptors (Lipinski definition) is 0. The van der Waals surface area contributed by atoms with Gasteiger partial charge in [0, 0.05) is 22.3 Å². The van der Waals surface area contributed by atoms with Crippen LogP contribution >= 0.6 is 0 Å². The Bertz CT molecular complexity index is 1070. The SMILES string of the molecule is CCCCCCCCc1cccc(C2=C(C)C(CC)=C(c3cccc(CCCCCCCC)c3)[N+]2=[N-])c1. The smallest absolute Gasteiger partial charge is 0.211 e. The molecule has 0 spiro atoms. The van der Waals surface area contributed by atoms with Crippen molar-refractivity contribution in [2.24, 2.45) is 0 Å². The molecule has 0 fully saturated rings. The lowest BCUT2D eigenvalue weighted by Crippen LogP contribution is -2.03. The first-order chi connectivity index (χ1) is 18.1. The van der Waals surface area contributed by atoms with Crippen LogP contribution in [0.25, 0.3) is 16.9 Å². The van der Waals surface area contributed by atoms with Gasteiger partial charge in [0.25, 0.3) is 0 Å². The van der Waals surface area contributed by atoms with E-state index in [2.05, 4.69) is 76.2 Å². The first kappa shape index (κ1) is 29.1. The van der Waals surface area contributed by atoms with E-state index in [1.807, 2.05) is 0 Å². The summed E-state index contributed by atoms with van der Waals surface area (Å²) in [6.45, 7) is 8.91. The fourth-order valence-corrected chi connectivity index (χ4v) is 5.75. The van der Waals surface area contributed by atoms with Gasteiger partial charge in [-0.1, -0.05) is 109 Å². The topological polar surface area (TPSA) is 25.3 Å². The molecule has 0 atom stereocenters. The minimum absolute atomic E-state index is 0.904. The molecule has 0 saturated heterocycles. The summed E-state index contributed by atoms with van der Waals surface area (Å²) in [7, 11) is 0. The predicted octanol–water partition coefficient (Wildman–Crippen LogP) is 11.1. The van der Waals surface area contributed by atoms with Crippen LogP contribution in [0.3, 0.4) is 0 Å². The van der Waals surface area contributed by atoms with Crippen molar-refractivity contribution in [3.63, 3.8) is 0 Å². The average Bonchev–Trinajstić information content (AvgIpc) is 3.17. The molecule has 0 saturated carbocycles. The molecule has 3 rings (SSSR count). The zero-order chi connectivity index (χ0) is 26.5. The number of allylic oxidation sites excluding steroid dienone is 2. The standard InChI is InChI=1S/C35H50N2/c1-5-8-10-12-14-16-20-29-22-18-24-31(26-29)34-28(4)33(7-3)35(37(34)36)32-25-19-23-30(27-32)21-17-15-13-11-9-6-2/h18-19,22-27H,5-17,20-21H2,1-4H3. The third-order valence-electron chi connectivity index (χ3n) is 7.91. The average molecular weight is 499 g/mol. The third kappa shape index (κ3) is 8.25. The molecule has 37 heavy (non-hydrogen) atoms. The van der Waals surface area contributed by atoms with Gasteiger partial charge in [0.2, 0.25) is 11.4 Å². The number of unbranched alkanes of at least 4 members (excludes halogenated alkanes) is 10. The minimum Gasteiger partial charge on any atom is -0.493 e. The molecule has 0 aliphatic carbocycles. The van der Waals surface area contributed by atoms with Crippen LogP contribution in [0.1, 0.15) is 133 Å². The highest BCUT2D eigenvalue weighted by Crippen LogP contribution is 2.41. The second-order valence-electron chi connectivity index (χ2n) is 10.9. The molecular formula is C35H50N2. The molecule has 2 heteroatoms. The number of rotatable bonds is 17. The van der Waals surface area contributed by atoms with E-state index in [1.165, 1.54) is 104 Å². The van der Waals surface area contributed by atoms with Crippen molar-refractivity contribution in [1.29, 1.82) is 0 Å². The first-order valence-corrected chi connectivity index (χ1v) is 15.2. The summed E-state index contributed by atoms with van der Waals surface area (Å²) in [5.41, 5.74) is 20.8. The number of nitrogens with zero attached hydrogens (tertiary/aromatic N) is 2. The second-order valence-corrected chi connectivity index (χ2v) is 10.9. The summed E-state index contributed by atoms with van der Waals surface area (Å²) in [5.74, 6) is 0. The van der Waals surface area contributed by atoms with Crippen LogP contribution in [0, 0.1) is 0 Å². The van der Waals surface area contributed by atoms with Gasteiger partial charge in [-0.3, -0.25) is 0 Å². The summed E-state index contributed by atoms with van der Waals surface area (Å²) in [5, 5.41) is 0. The largest absolute Gasteiger partial charge is 0.493 e. The molecular weight excluding hydrogens is 448 g/mol. The summed E-state index contributed by atoms with van der Waals surface area (Å²) in [6, 6.07) is 17.7. The Balaban J connectivity index is 1.70. The zero-order valence-corrected chi connectivity index (χ0v) is 24.1. The highest BCUT2D eigenvalue weighted by molar-refractivity contribution is 5.81. The van der Waals surface area contributed by atoms with Crippen molar-refractivity contribution < 1.29 is 4.70 Å². The third-order valence-corrected chi connectivity index (χ3v) is 7.91. The van der Waals surface area contributed by atoms with Crippen LogP contribution in [0.4, 0.5) is 0 Å². The molecule has 200 valence electrons. The van der Waals surface area contributed by atoms with Crippen molar-refractivity contribution in [2.45, 2.75) is 124 Å². The van der Waals surface area contributed by atoms with E-state index in [0.717, 1.165) is 41.8 Å². The molecule has 0 aromatic heterocycles. The van der Waals surface area contributed by atoms with Crippen LogP contribution < -0.4 is 0 Å². The molecule has 2 nitrogen and oxygen atoms in total. The first-order valence-electron chi connectivity index (χ1n) is 15.2. The van der Waals surface area contributed by atoms with Crippen molar-refractivity contribution in [2.75, 3.05) is 0 Å². The fraction of sp³-hybridized carbons (Fsp3) is 0.543. The molecule has 1 aliphatic rings. The quantitative estimate of drug-likeness (QED) is 0.153. The molecule has 0 amide bonds. The number of hydrogen-bond donors (Lipinski definition) is 0. The van der Waals surface area contributed by atoms with Crippen molar-refractivity contribution >= 4 is 11.4 Å². The second kappa shape index (κ2) is 15.7. The van der Waals surface area contributed by atoms with Gasteiger partial charge in [-0.2, -0.15) is 0 Å². The molecule has 2 aromatic rings. The van der Waals surface area contributed by atoms with E-state index in [9.17, 15) is 5.53 Å². The van der Waals surface area contributed by atoms with Crippen molar-refractivity contribution in [1.82, 2.24) is 0 Å².